The molecule has 1 amide bonds. The van der Waals surface area contributed by atoms with Crippen LogP contribution in [0, 0.1) is 0 Å². The van der Waals surface area contributed by atoms with Crippen molar-refractivity contribution >= 4 is 6.09 Å². The molecule has 4 nitrogen and oxygen atoms in total. The standard InChI is InChI=1S/C23H30N2O2/c1-23(2,3)27-22(26)25-16-20(14-18-10-6-4-7-11-18)24-21(17-25)15-19-12-8-5-9-13-19/h4-13,20-21,24H,14-17H2,1-3H3/t20-,21+. The third-order valence-corrected chi connectivity index (χ3v) is 4.65. The third-order valence-electron chi connectivity index (χ3n) is 4.65. The number of hydrogen-bond acceptors (Lipinski definition) is 3. The summed E-state index contributed by atoms with van der Waals surface area (Å²) in [5, 5.41) is 3.75. The Morgan fingerprint density at radius 2 is 1.37 bits per heavy atom. The predicted octanol–water partition coefficient (Wildman–Crippen LogP) is 4.05. The lowest BCUT2D eigenvalue weighted by Crippen LogP contribution is -2.59. The molecule has 0 aliphatic carbocycles. The van der Waals surface area contributed by atoms with Crippen LogP contribution in [0.25, 0.3) is 0 Å². The molecular weight excluding hydrogens is 336 g/mol. The van der Waals surface area contributed by atoms with E-state index in [2.05, 4.69) is 53.8 Å². The van der Waals surface area contributed by atoms with Gasteiger partial charge >= 0.3 is 6.09 Å². The highest BCUT2D eigenvalue weighted by atomic mass is 16.6. The van der Waals surface area contributed by atoms with Crippen LogP contribution in [0.1, 0.15) is 31.9 Å². The summed E-state index contributed by atoms with van der Waals surface area (Å²) < 4.78 is 5.63. The number of piperazine rings is 1. The Bertz CT molecular complexity index is 676. The van der Waals surface area contributed by atoms with Crippen molar-refractivity contribution in [1.29, 1.82) is 0 Å². The van der Waals surface area contributed by atoms with Crippen molar-refractivity contribution < 1.29 is 9.53 Å². The first-order valence-corrected chi connectivity index (χ1v) is 9.71. The van der Waals surface area contributed by atoms with Gasteiger partial charge in [0.25, 0.3) is 0 Å². The van der Waals surface area contributed by atoms with Crippen molar-refractivity contribution in [2.24, 2.45) is 0 Å². The minimum atomic E-state index is -0.480. The summed E-state index contributed by atoms with van der Waals surface area (Å²) in [5.74, 6) is 0. The van der Waals surface area contributed by atoms with Gasteiger partial charge in [-0.05, 0) is 44.7 Å². The maximum Gasteiger partial charge on any atom is 0.410 e. The van der Waals surface area contributed by atoms with Crippen LogP contribution in [0.3, 0.4) is 0 Å². The molecule has 0 unspecified atom stereocenters. The van der Waals surface area contributed by atoms with Crippen LogP contribution < -0.4 is 5.32 Å². The van der Waals surface area contributed by atoms with Crippen LogP contribution in [0.2, 0.25) is 0 Å². The molecule has 1 saturated heterocycles. The Labute approximate surface area is 162 Å². The lowest BCUT2D eigenvalue weighted by Gasteiger charge is -2.39. The van der Waals surface area contributed by atoms with Gasteiger partial charge in [0.05, 0.1) is 0 Å². The smallest absolute Gasteiger partial charge is 0.410 e. The molecule has 1 fully saturated rings. The van der Waals surface area contributed by atoms with Crippen molar-refractivity contribution in [2.75, 3.05) is 13.1 Å². The number of ether oxygens (including phenoxy) is 1. The number of carbonyl (C=O) groups is 1. The Hall–Kier alpha value is -2.33. The first kappa shape index (κ1) is 19.4. The molecule has 3 rings (SSSR count). The van der Waals surface area contributed by atoms with E-state index in [-0.39, 0.29) is 18.2 Å². The Morgan fingerprint density at radius 3 is 1.78 bits per heavy atom. The Kier molecular flexibility index (Phi) is 6.17. The SMILES string of the molecule is CC(C)(C)OC(=O)N1C[C@@H](Cc2ccccc2)N[C@@H](Cc2ccccc2)C1. The molecule has 1 aliphatic rings. The topological polar surface area (TPSA) is 41.6 Å². The van der Waals surface area contributed by atoms with Gasteiger partial charge < -0.3 is 15.0 Å². The fourth-order valence-electron chi connectivity index (χ4n) is 3.57. The highest BCUT2D eigenvalue weighted by Crippen LogP contribution is 2.17. The molecule has 144 valence electrons. The van der Waals surface area contributed by atoms with Crippen molar-refractivity contribution in [1.82, 2.24) is 10.2 Å². The predicted molar refractivity (Wildman–Crippen MR) is 109 cm³/mol. The number of hydrogen-bond donors (Lipinski definition) is 1. The largest absolute Gasteiger partial charge is 0.444 e. The van der Waals surface area contributed by atoms with E-state index >= 15 is 0 Å². The number of benzene rings is 2. The van der Waals surface area contributed by atoms with Gasteiger partial charge in [0.15, 0.2) is 0 Å². The first-order chi connectivity index (χ1) is 12.9. The highest BCUT2D eigenvalue weighted by Gasteiger charge is 2.32. The number of nitrogens with zero attached hydrogens (tertiary/aromatic N) is 1. The highest BCUT2D eigenvalue weighted by molar-refractivity contribution is 5.68. The molecule has 0 radical (unpaired) electrons. The summed E-state index contributed by atoms with van der Waals surface area (Å²) in [4.78, 5) is 14.5. The van der Waals surface area contributed by atoms with Gasteiger partial charge in [-0.15, -0.1) is 0 Å². The fourth-order valence-corrected chi connectivity index (χ4v) is 3.57. The summed E-state index contributed by atoms with van der Waals surface area (Å²) in [7, 11) is 0. The molecule has 1 aliphatic heterocycles. The van der Waals surface area contributed by atoms with E-state index in [0.717, 1.165) is 12.8 Å². The van der Waals surface area contributed by atoms with Gasteiger partial charge in [-0.1, -0.05) is 60.7 Å². The molecule has 27 heavy (non-hydrogen) atoms. The molecular formula is C23H30N2O2. The van der Waals surface area contributed by atoms with Gasteiger partial charge in [0.2, 0.25) is 0 Å². The zero-order chi connectivity index (χ0) is 19.3. The summed E-state index contributed by atoms with van der Waals surface area (Å²) in [6, 6.07) is 21.3. The van der Waals surface area contributed by atoms with Crippen LogP contribution >= 0.6 is 0 Å². The summed E-state index contributed by atoms with van der Waals surface area (Å²) in [6.45, 7) is 7.06. The van der Waals surface area contributed by atoms with Crippen LogP contribution in [0.5, 0.6) is 0 Å². The fraction of sp³-hybridized carbons (Fsp3) is 0.435. The first-order valence-electron chi connectivity index (χ1n) is 9.71. The molecule has 2 aromatic carbocycles. The lowest BCUT2D eigenvalue weighted by atomic mass is 9.98. The number of nitrogens with one attached hydrogen (secondary N) is 1. The Balaban J connectivity index is 1.72. The number of amides is 1. The van der Waals surface area contributed by atoms with Crippen molar-refractivity contribution in [3.63, 3.8) is 0 Å². The van der Waals surface area contributed by atoms with Crippen molar-refractivity contribution in [2.45, 2.75) is 51.3 Å². The molecule has 2 atom stereocenters. The maximum absolute atomic E-state index is 12.7. The zero-order valence-corrected chi connectivity index (χ0v) is 16.5. The van der Waals surface area contributed by atoms with E-state index in [1.165, 1.54) is 11.1 Å². The second kappa shape index (κ2) is 8.57. The minimum Gasteiger partial charge on any atom is -0.444 e. The minimum absolute atomic E-state index is 0.211. The van der Waals surface area contributed by atoms with Gasteiger partial charge in [-0.25, -0.2) is 4.79 Å². The van der Waals surface area contributed by atoms with E-state index in [0.29, 0.717) is 13.1 Å². The average molecular weight is 367 g/mol. The van der Waals surface area contributed by atoms with Crippen LogP contribution in [0.4, 0.5) is 4.79 Å². The van der Waals surface area contributed by atoms with Crippen molar-refractivity contribution in [3.8, 4) is 0 Å². The molecule has 0 saturated carbocycles. The van der Waals surface area contributed by atoms with Crippen LogP contribution in [-0.4, -0.2) is 41.8 Å². The van der Waals surface area contributed by atoms with Gasteiger partial charge in [0.1, 0.15) is 5.60 Å². The molecule has 0 spiro atoms. The molecule has 4 heteroatoms. The van der Waals surface area contributed by atoms with Crippen LogP contribution in [-0.2, 0) is 17.6 Å². The Morgan fingerprint density at radius 1 is 0.926 bits per heavy atom. The molecule has 2 aromatic rings. The molecule has 1 heterocycles. The second-order valence-electron chi connectivity index (χ2n) is 8.33. The zero-order valence-electron chi connectivity index (χ0n) is 16.5. The van der Waals surface area contributed by atoms with E-state index in [9.17, 15) is 4.79 Å². The summed E-state index contributed by atoms with van der Waals surface area (Å²) >= 11 is 0. The van der Waals surface area contributed by atoms with E-state index in [1.807, 2.05) is 37.8 Å². The van der Waals surface area contributed by atoms with Gasteiger partial charge in [-0.2, -0.15) is 0 Å². The normalized spacial score (nSPS) is 20.3. The average Bonchev–Trinajstić information content (AvgIpc) is 2.62. The maximum atomic E-state index is 12.7. The van der Waals surface area contributed by atoms with E-state index < -0.39 is 5.60 Å². The van der Waals surface area contributed by atoms with Gasteiger partial charge in [-0.3, -0.25) is 0 Å². The molecule has 1 N–H and O–H groups in total. The second-order valence-corrected chi connectivity index (χ2v) is 8.33. The van der Waals surface area contributed by atoms with Crippen LogP contribution in [0.15, 0.2) is 60.7 Å². The third kappa shape index (κ3) is 6.10. The number of carbonyl (C=O) groups excluding carboxylic acids is 1. The van der Waals surface area contributed by atoms with E-state index in [1.54, 1.807) is 0 Å². The monoisotopic (exact) mass is 366 g/mol. The summed E-state index contributed by atoms with van der Waals surface area (Å²) in [5.41, 5.74) is 2.07. The van der Waals surface area contributed by atoms with Gasteiger partial charge in [0, 0.05) is 25.2 Å². The quantitative estimate of drug-likeness (QED) is 0.888. The van der Waals surface area contributed by atoms with Crippen molar-refractivity contribution in [3.05, 3.63) is 71.8 Å². The number of rotatable bonds is 4. The summed E-state index contributed by atoms with van der Waals surface area (Å²) in [6.07, 6.45) is 1.57. The van der Waals surface area contributed by atoms with E-state index in [4.69, 9.17) is 4.74 Å². The molecule has 0 aromatic heterocycles. The molecule has 0 bridgehead atoms. The lowest BCUT2D eigenvalue weighted by molar-refractivity contribution is 0.0152.